The van der Waals surface area contributed by atoms with Gasteiger partial charge < -0.3 is 0 Å². The summed E-state index contributed by atoms with van der Waals surface area (Å²) in [6.07, 6.45) is 1.81. The molecule has 2 nitrogen and oxygen atoms in total. The summed E-state index contributed by atoms with van der Waals surface area (Å²) < 4.78 is 1.44. The molecule has 0 aliphatic heterocycles. The number of aromatic nitrogens is 1. The third-order valence-corrected chi connectivity index (χ3v) is 1.51. The molecule has 0 fully saturated rings. The van der Waals surface area contributed by atoms with Gasteiger partial charge in [0, 0.05) is 60.0 Å². The van der Waals surface area contributed by atoms with Crippen molar-refractivity contribution < 1.29 is 0 Å². The van der Waals surface area contributed by atoms with Crippen molar-refractivity contribution in [2.24, 2.45) is 0 Å². The zero-order valence-corrected chi connectivity index (χ0v) is 11.8. The Morgan fingerprint density at radius 3 is 2.14 bits per heavy atom. The second kappa shape index (κ2) is 6.50. The molecule has 0 spiro atoms. The van der Waals surface area contributed by atoms with Gasteiger partial charge in [-0.25, -0.2) is 0 Å². The maximum atomic E-state index is 4.18. The van der Waals surface area contributed by atoms with E-state index in [1.165, 1.54) is 7.36 Å². The van der Waals surface area contributed by atoms with Crippen molar-refractivity contribution in [2.45, 2.75) is 0 Å². The molecule has 74 valence electrons. The topological polar surface area (TPSA) is 16.1 Å². The van der Waals surface area contributed by atoms with Crippen molar-refractivity contribution in [3.05, 3.63) is 42.6 Å². The van der Waals surface area contributed by atoms with Gasteiger partial charge in [0.05, 0.1) is 5.52 Å². The van der Waals surface area contributed by atoms with Gasteiger partial charge in [0.25, 0.3) is 0 Å². The van der Waals surface area contributed by atoms with E-state index in [9.17, 15) is 0 Å². The number of halogens is 3. The molecule has 1 heterocycles. The van der Waals surface area contributed by atoms with Crippen LogP contribution in [0.2, 0.25) is 0 Å². The Balaban J connectivity index is 0.000000213. The molecule has 0 saturated carbocycles. The maximum Gasteiger partial charge on any atom is 0.0701 e. The standard InChI is InChI=1S/C9H7N.Br3N/c1-2-6-9-8(4-1)5-3-7-10-9;1-4(2)3/h1-7H;. The predicted molar refractivity (Wildman–Crippen MR) is 70.4 cm³/mol. The minimum atomic E-state index is 1.06. The van der Waals surface area contributed by atoms with E-state index in [-0.39, 0.29) is 0 Å². The van der Waals surface area contributed by atoms with Gasteiger partial charge >= 0.3 is 0 Å². The van der Waals surface area contributed by atoms with Crippen LogP contribution in [0.5, 0.6) is 0 Å². The minimum absolute atomic E-state index is 1.06. The molecule has 0 amide bonds. The molecule has 0 N–H and O–H groups in total. The number of hydrogen-bond acceptors (Lipinski definition) is 2. The smallest absolute Gasteiger partial charge is 0.0701 e. The molecule has 0 aliphatic carbocycles. The lowest BCUT2D eigenvalue weighted by Gasteiger charge is -1.91. The molecule has 0 unspecified atom stereocenters. The lowest BCUT2D eigenvalue weighted by atomic mass is 10.2. The average Bonchev–Trinajstić information content (AvgIpc) is 2.17. The molecule has 1 aromatic carbocycles. The lowest BCUT2D eigenvalue weighted by Crippen LogP contribution is -1.73. The zero-order valence-electron chi connectivity index (χ0n) is 7.07. The molecule has 1 aromatic heterocycles. The molecule has 0 aliphatic rings. The normalized spacial score (nSPS) is 9.71. The average molecular weight is 383 g/mol. The van der Waals surface area contributed by atoms with Crippen molar-refractivity contribution in [3.8, 4) is 0 Å². The van der Waals surface area contributed by atoms with Crippen LogP contribution in [0.4, 0.5) is 0 Å². The van der Waals surface area contributed by atoms with E-state index >= 15 is 0 Å². The van der Waals surface area contributed by atoms with Gasteiger partial charge in [-0.2, -0.15) is 0 Å². The summed E-state index contributed by atoms with van der Waals surface area (Å²) in [5.74, 6) is 0. The largest absolute Gasteiger partial charge is 0.256 e. The van der Waals surface area contributed by atoms with Gasteiger partial charge in [0.15, 0.2) is 0 Å². The number of para-hydroxylation sites is 1. The van der Waals surface area contributed by atoms with Gasteiger partial charge in [-0.1, -0.05) is 24.3 Å². The van der Waals surface area contributed by atoms with Crippen LogP contribution in [0.1, 0.15) is 0 Å². The molecule has 0 bridgehead atoms. The minimum Gasteiger partial charge on any atom is -0.256 e. The van der Waals surface area contributed by atoms with E-state index in [2.05, 4.69) is 65.6 Å². The Labute approximate surface area is 108 Å². The number of pyridine rings is 1. The van der Waals surface area contributed by atoms with Crippen LogP contribution in [-0.2, 0) is 0 Å². The molecule has 0 saturated heterocycles. The Morgan fingerprint density at radius 1 is 0.929 bits per heavy atom. The van der Waals surface area contributed by atoms with Crippen LogP contribution < -0.4 is 0 Å². The molecule has 0 atom stereocenters. The fraction of sp³-hybridized carbons (Fsp3) is 0. The summed E-state index contributed by atoms with van der Waals surface area (Å²) in [5.41, 5.74) is 1.06. The molecule has 14 heavy (non-hydrogen) atoms. The van der Waals surface area contributed by atoms with Gasteiger partial charge in [-0.15, -0.1) is 1.98 Å². The van der Waals surface area contributed by atoms with Crippen molar-refractivity contribution in [1.29, 1.82) is 0 Å². The highest BCUT2D eigenvalue weighted by atomic mass is 80.0. The van der Waals surface area contributed by atoms with Gasteiger partial charge in [-0.3, -0.25) is 4.98 Å². The van der Waals surface area contributed by atoms with Crippen LogP contribution in [0, 0.1) is 0 Å². The Kier molecular flexibility index (Phi) is 5.62. The number of rotatable bonds is 0. The summed E-state index contributed by atoms with van der Waals surface area (Å²) in [6, 6.07) is 12.1. The van der Waals surface area contributed by atoms with Crippen LogP contribution in [0.15, 0.2) is 42.6 Å². The van der Waals surface area contributed by atoms with Crippen LogP contribution in [0.25, 0.3) is 10.9 Å². The van der Waals surface area contributed by atoms with E-state index in [1.807, 2.05) is 30.5 Å². The first-order valence-electron chi connectivity index (χ1n) is 3.77. The molecular formula is C9H7Br3N2. The second-order valence-corrected chi connectivity index (χ2v) is 7.37. The van der Waals surface area contributed by atoms with E-state index < -0.39 is 0 Å². The van der Waals surface area contributed by atoms with E-state index in [0.717, 1.165) is 5.52 Å². The Bertz CT molecular complexity index is 324. The van der Waals surface area contributed by atoms with E-state index in [4.69, 9.17) is 0 Å². The molecular weight excluding hydrogens is 376 g/mol. The van der Waals surface area contributed by atoms with Crippen LogP contribution >= 0.6 is 48.4 Å². The summed E-state index contributed by atoms with van der Waals surface area (Å²) >= 11 is 8.81. The first-order chi connectivity index (χ1) is 6.70. The summed E-state index contributed by atoms with van der Waals surface area (Å²) in [6.45, 7) is 0. The van der Waals surface area contributed by atoms with Gasteiger partial charge in [-0.05, 0) is 12.1 Å². The second-order valence-electron chi connectivity index (χ2n) is 2.39. The monoisotopic (exact) mass is 380 g/mol. The summed E-state index contributed by atoms with van der Waals surface area (Å²) in [5, 5.41) is 1.20. The third-order valence-electron chi connectivity index (χ3n) is 1.51. The fourth-order valence-electron chi connectivity index (χ4n) is 1.02. The number of benzene rings is 1. The van der Waals surface area contributed by atoms with Crippen molar-refractivity contribution in [1.82, 2.24) is 6.96 Å². The predicted octanol–water partition coefficient (Wildman–Crippen LogP) is 4.45. The van der Waals surface area contributed by atoms with Crippen LogP contribution in [-0.4, -0.2) is 6.96 Å². The SMILES string of the molecule is BrN(Br)Br.c1ccc2ncccc2c1. The first kappa shape index (κ1) is 12.1. The van der Waals surface area contributed by atoms with Gasteiger partial charge in [0.2, 0.25) is 0 Å². The number of hydrogen-bond donors (Lipinski definition) is 0. The molecule has 2 rings (SSSR count). The molecule has 0 radical (unpaired) electrons. The lowest BCUT2D eigenvalue weighted by molar-refractivity contribution is 1.41. The van der Waals surface area contributed by atoms with Gasteiger partial charge in [0.1, 0.15) is 0 Å². The zero-order chi connectivity index (χ0) is 10.4. The maximum absolute atomic E-state index is 4.18. The molecule has 2 aromatic rings. The Morgan fingerprint density at radius 2 is 1.50 bits per heavy atom. The molecule has 5 heteroatoms. The van der Waals surface area contributed by atoms with Crippen molar-refractivity contribution in [2.75, 3.05) is 0 Å². The number of nitrogens with zero attached hydrogens (tertiary/aromatic N) is 2. The van der Waals surface area contributed by atoms with Crippen molar-refractivity contribution in [3.63, 3.8) is 0 Å². The Hall–Kier alpha value is 0.0300. The van der Waals surface area contributed by atoms with E-state index in [0.29, 0.717) is 0 Å². The fourth-order valence-corrected chi connectivity index (χ4v) is 1.02. The van der Waals surface area contributed by atoms with E-state index in [1.54, 1.807) is 0 Å². The van der Waals surface area contributed by atoms with Crippen LogP contribution in [0.3, 0.4) is 0 Å². The first-order valence-corrected chi connectivity index (χ1v) is 5.90. The quantitative estimate of drug-likeness (QED) is 0.626. The summed E-state index contributed by atoms with van der Waals surface area (Å²) in [7, 11) is 0. The van der Waals surface area contributed by atoms with Crippen molar-refractivity contribution >= 4 is 59.3 Å². The summed E-state index contributed by atoms with van der Waals surface area (Å²) in [4.78, 5) is 4.18. The highest BCUT2D eigenvalue weighted by Gasteiger charge is 1.86. The highest BCUT2D eigenvalue weighted by Crippen LogP contribution is 2.09. The number of fused-ring (bicyclic) bond motifs is 1. The third kappa shape index (κ3) is 4.50. The highest BCUT2D eigenvalue weighted by molar-refractivity contribution is 9.33.